The Hall–Kier alpha value is -0.570. The van der Waals surface area contributed by atoms with Crippen LogP contribution in [0.25, 0.3) is 0 Å². The van der Waals surface area contributed by atoms with Gasteiger partial charge in [0.15, 0.2) is 0 Å². The summed E-state index contributed by atoms with van der Waals surface area (Å²) >= 11 is 3.28. The van der Waals surface area contributed by atoms with E-state index >= 15 is 0 Å². The first-order valence-corrected chi connectivity index (χ1v) is 3.56. The van der Waals surface area contributed by atoms with Gasteiger partial charge >= 0.3 is 0 Å². The minimum atomic E-state index is 0.591. The Balaban J connectivity index is 3.04. The van der Waals surface area contributed by atoms with E-state index in [0.29, 0.717) is 11.6 Å². The first kappa shape index (κ1) is 7.54. The van der Waals surface area contributed by atoms with Gasteiger partial charge in [0, 0.05) is 10.5 Å². The number of pyridine rings is 1. The Morgan fingerprint density at radius 1 is 1.60 bits per heavy atom. The average Bonchev–Trinajstić information content (AvgIpc) is 1.95. The SMILES string of the molecule is [CH2]c1nc(OC)ccc1Br. The van der Waals surface area contributed by atoms with Gasteiger partial charge < -0.3 is 4.74 Å². The Morgan fingerprint density at radius 3 is 2.80 bits per heavy atom. The van der Waals surface area contributed by atoms with Crippen molar-refractivity contribution in [3.8, 4) is 5.88 Å². The van der Waals surface area contributed by atoms with Gasteiger partial charge in [0.1, 0.15) is 0 Å². The number of ether oxygens (including phenoxy) is 1. The molecule has 0 bridgehead atoms. The zero-order valence-electron chi connectivity index (χ0n) is 5.60. The van der Waals surface area contributed by atoms with Crippen LogP contribution in [-0.2, 0) is 0 Å². The number of rotatable bonds is 1. The minimum absolute atomic E-state index is 0.591. The highest BCUT2D eigenvalue weighted by atomic mass is 79.9. The van der Waals surface area contributed by atoms with Gasteiger partial charge in [-0.05, 0) is 28.9 Å². The summed E-state index contributed by atoms with van der Waals surface area (Å²) in [4.78, 5) is 4.01. The molecule has 0 aliphatic heterocycles. The third-order valence-electron chi connectivity index (χ3n) is 1.10. The molecule has 2 nitrogen and oxygen atoms in total. The van der Waals surface area contributed by atoms with E-state index < -0.39 is 0 Å². The van der Waals surface area contributed by atoms with Crippen LogP contribution >= 0.6 is 15.9 Å². The molecule has 1 aromatic heterocycles. The number of hydrogen-bond acceptors (Lipinski definition) is 2. The molecule has 53 valence electrons. The zero-order chi connectivity index (χ0) is 7.56. The predicted octanol–water partition coefficient (Wildman–Crippen LogP) is 2.03. The van der Waals surface area contributed by atoms with Gasteiger partial charge in [-0.1, -0.05) is 0 Å². The van der Waals surface area contributed by atoms with Crippen LogP contribution in [0.1, 0.15) is 5.69 Å². The largest absolute Gasteiger partial charge is 0.481 e. The molecule has 1 rings (SSSR count). The molecule has 0 fully saturated rings. The van der Waals surface area contributed by atoms with Crippen LogP contribution in [0.2, 0.25) is 0 Å². The van der Waals surface area contributed by atoms with Gasteiger partial charge in [-0.15, -0.1) is 0 Å². The molecule has 0 unspecified atom stereocenters. The number of methoxy groups -OCH3 is 1. The minimum Gasteiger partial charge on any atom is -0.481 e. The van der Waals surface area contributed by atoms with Crippen LogP contribution in [0.4, 0.5) is 0 Å². The fraction of sp³-hybridized carbons (Fsp3) is 0.143. The molecule has 0 atom stereocenters. The summed E-state index contributed by atoms with van der Waals surface area (Å²) in [6, 6.07) is 3.63. The maximum atomic E-state index is 4.88. The number of hydrogen-bond donors (Lipinski definition) is 0. The molecular formula is C7H7BrNO. The van der Waals surface area contributed by atoms with E-state index in [1.54, 1.807) is 13.2 Å². The second-order valence-corrected chi connectivity index (χ2v) is 2.64. The Morgan fingerprint density at radius 2 is 2.30 bits per heavy atom. The molecular weight excluding hydrogens is 194 g/mol. The number of nitrogens with zero attached hydrogens (tertiary/aromatic N) is 1. The number of aromatic nitrogens is 1. The first-order valence-electron chi connectivity index (χ1n) is 2.76. The van der Waals surface area contributed by atoms with Crippen molar-refractivity contribution in [2.75, 3.05) is 7.11 Å². The predicted molar refractivity (Wildman–Crippen MR) is 42.9 cm³/mol. The molecule has 1 heterocycles. The van der Waals surface area contributed by atoms with Gasteiger partial charge in [-0.3, -0.25) is 0 Å². The Labute approximate surface area is 68.4 Å². The molecule has 1 radical (unpaired) electrons. The third kappa shape index (κ3) is 1.48. The zero-order valence-corrected chi connectivity index (χ0v) is 7.18. The van der Waals surface area contributed by atoms with Crippen LogP contribution in [0.3, 0.4) is 0 Å². The standard InChI is InChI=1S/C7H7BrNO/c1-5-6(8)3-4-7(9-5)10-2/h3-4H,1H2,2H3. The van der Waals surface area contributed by atoms with E-state index in [1.807, 2.05) is 6.07 Å². The molecule has 0 saturated heterocycles. The van der Waals surface area contributed by atoms with Crippen molar-refractivity contribution >= 4 is 15.9 Å². The Bertz CT molecular complexity index is 237. The summed E-state index contributed by atoms with van der Waals surface area (Å²) in [5.41, 5.74) is 0.694. The molecule has 0 amide bonds. The summed E-state index contributed by atoms with van der Waals surface area (Å²) in [7, 11) is 1.58. The van der Waals surface area contributed by atoms with Gasteiger partial charge in [-0.25, -0.2) is 4.98 Å². The quantitative estimate of drug-likeness (QED) is 0.693. The maximum absolute atomic E-state index is 4.88. The molecule has 0 saturated carbocycles. The number of halogens is 1. The molecule has 0 spiro atoms. The van der Waals surface area contributed by atoms with Crippen molar-refractivity contribution in [2.24, 2.45) is 0 Å². The highest BCUT2D eigenvalue weighted by Gasteiger charge is 1.96. The molecule has 0 aliphatic carbocycles. The molecule has 0 aliphatic rings. The Kier molecular flexibility index (Phi) is 2.27. The summed E-state index contributed by atoms with van der Waals surface area (Å²) < 4.78 is 5.77. The maximum Gasteiger partial charge on any atom is 0.213 e. The molecule has 10 heavy (non-hydrogen) atoms. The van der Waals surface area contributed by atoms with E-state index in [-0.39, 0.29) is 0 Å². The van der Waals surface area contributed by atoms with Crippen LogP contribution in [0.5, 0.6) is 5.88 Å². The smallest absolute Gasteiger partial charge is 0.213 e. The lowest BCUT2D eigenvalue weighted by Crippen LogP contribution is -1.89. The van der Waals surface area contributed by atoms with Crippen molar-refractivity contribution in [3.63, 3.8) is 0 Å². The average molecular weight is 201 g/mol. The van der Waals surface area contributed by atoms with Crippen molar-refractivity contribution in [1.29, 1.82) is 0 Å². The van der Waals surface area contributed by atoms with Crippen molar-refractivity contribution in [3.05, 3.63) is 29.2 Å². The van der Waals surface area contributed by atoms with Crippen LogP contribution in [0.15, 0.2) is 16.6 Å². The van der Waals surface area contributed by atoms with Gasteiger partial charge in [0.05, 0.1) is 12.8 Å². The lowest BCUT2D eigenvalue weighted by Gasteiger charge is -1.99. The fourth-order valence-corrected chi connectivity index (χ4v) is 0.799. The van der Waals surface area contributed by atoms with Gasteiger partial charge in [-0.2, -0.15) is 0 Å². The summed E-state index contributed by atoms with van der Waals surface area (Å²) in [6.07, 6.45) is 0. The van der Waals surface area contributed by atoms with Crippen LogP contribution in [-0.4, -0.2) is 12.1 Å². The molecule has 3 heteroatoms. The van der Waals surface area contributed by atoms with E-state index in [2.05, 4.69) is 27.8 Å². The van der Waals surface area contributed by atoms with Crippen molar-refractivity contribution < 1.29 is 4.74 Å². The lowest BCUT2D eigenvalue weighted by molar-refractivity contribution is 0.397. The summed E-state index contributed by atoms with van der Waals surface area (Å²) in [5.74, 6) is 0.591. The fourth-order valence-electron chi connectivity index (χ4n) is 0.578. The van der Waals surface area contributed by atoms with Crippen molar-refractivity contribution in [2.45, 2.75) is 0 Å². The van der Waals surface area contributed by atoms with Gasteiger partial charge in [0.25, 0.3) is 0 Å². The molecule has 0 aromatic carbocycles. The molecule has 0 N–H and O–H groups in total. The van der Waals surface area contributed by atoms with E-state index in [0.717, 1.165) is 4.47 Å². The topological polar surface area (TPSA) is 22.1 Å². The molecule has 1 aromatic rings. The third-order valence-corrected chi connectivity index (χ3v) is 1.82. The highest BCUT2D eigenvalue weighted by molar-refractivity contribution is 9.10. The van der Waals surface area contributed by atoms with Crippen molar-refractivity contribution in [1.82, 2.24) is 4.98 Å². The van der Waals surface area contributed by atoms with Gasteiger partial charge in [0.2, 0.25) is 5.88 Å². The lowest BCUT2D eigenvalue weighted by atomic mass is 10.4. The normalized spacial score (nSPS) is 9.50. The second kappa shape index (κ2) is 3.01. The van der Waals surface area contributed by atoms with Crippen LogP contribution in [0, 0.1) is 6.92 Å². The first-order chi connectivity index (χ1) is 4.74. The highest BCUT2D eigenvalue weighted by Crippen LogP contribution is 2.16. The summed E-state index contributed by atoms with van der Waals surface area (Å²) in [5, 5.41) is 0. The van der Waals surface area contributed by atoms with Crippen LogP contribution < -0.4 is 4.74 Å². The van der Waals surface area contributed by atoms with E-state index in [4.69, 9.17) is 4.74 Å². The van der Waals surface area contributed by atoms with E-state index in [9.17, 15) is 0 Å². The summed E-state index contributed by atoms with van der Waals surface area (Å²) in [6.45, 7) is 3.69. The second-order valence-electron chi connectivity index (χ2n) is 1.78. The van der Waals surface area contributed by atoms with E-state index in [1.165, 1.54) is 0 Å². The monoisotopic (exact) mass is 200 g/mol.